The van der Waals surface area contributed by atoms with Crippen LogP contribution in [0.4, 0.5) is 5.69 Å². The van der Waals surface area contributed by atoms with Gasteiger partial charge >= 0.3 is 0 Å². The van der Waals surface area contributed by atoms with E-state index in [1.165, 1.54) is 64.2 Å². The van der Waals surface area contributed by atoms with Crippen LogP contribution < -0.4 is 5.73 Å². The van der Waals surface area contributed by atoms with Crippen LogP contribution in [-0.2, 0) is 0 Å². The van der Waals surface area contributed by atoms with Gasteiger partial charge in [0.25, 0.3) is 0 Å². The molecule has 1 aromatic carbocycles. The summed E-state index contributed by atoms with van der Waals surface area (Å²) in [4.78, 5) is 4.40. The molecule has 0 atom stereocenters. The lowest BCUT2D eigenvalue weighted by Gasteiger charge is -2.03. The molecule has 0 aliphatic rings. The Morgan fingerprint density at radius 2 is 1.39 bits per heavy atom. The van der Waals surface area contributed by atoms with Crippen molar-refractivity contribution in [3.8, 4) is 0 Å². The number of benzene rings is 1. The van der Waals surface area contributed by atoms with Gasteiger partial charge in [-0.05, 0) is 18.6 Å². The van der Waals surface area contributed by atoms with Gasteiger partial charge in [0.15, 0.2) is 5.17 Å². The second kappa shape index (κ2) is 16.4. The molecule has 0 radical (unpaired) electrons. The zero-order valence-corrected chi connectivity index (χ0v) is 17.0. The molecule has 132 valence electrons. The van der Waals surface area contributed by atoms with E-state index in [-0.39, 0.29) is 17.0 Å². The summed E-state index contributed by atoms with van der Waals surface area (Å²) < 4.78 is 0. The second-order valence-corrected chi connectivity index (χ2v) is 6.93. The van der Waals surface area contributed by atoms with Crippen LogP contribution in [0.1, 0.15) is 71.1 Å². The molecule has 2 nitrogen and oxygen atoms in total. The molecule has 23 heavy (non-hydrogen) atoms. The zero-order valence-electron chi connectivity index (χ0n) is 14.5. The van der Waals surface area contributed by atoms with E-state index in [0.717, 1.165) is 11.4 Å². The molecule has 2 N–H and O–H groups in total. The Labute approximate surface area is 157 Å². The molecular formula is C19H33BrN2S. The molecule has 0 unspecified atom stereocenters. The van der Waals surface area contributed by atoms with Gasteiger partial charge in [-0.3, -0.25) is 0 Å². The second-order valence-electron chi connectivity index (χ2n) is 5.82. The summed E-state index contributed by atoms with van der Waals surface area (Å²) in [6.45, 7) is 2.27. The van der Waals surface area contributed by atoms with Crippen LogP contribution in [0.15, 0.2) is 35.3 Å². The van der Waals surface area contributed by atoms with Crippen LogP contribution >= 0.6 is 28.7 Å². The highest BCUT2D eigenvalue weighted by Crippen LogP contribution is 2.15. The summed E-state index contributed by atoms with van der Waals surface area (Å²) in [5, 5.41) is 0.683. The highest BCUT2D eigenvalue weighted by Gasteiger charge is 1.96. The van der Waals surface area contributed by atoms with E-state index in [2.05, 4.69) is 11.9 Å². The van der Waals surface area contributed by atoms with Crippen molar-refractivity contribution in [1.29, 1.82) is 0 Å². The van der Waals surface area contributed by atoms with Gasteiger partial charge in [0.1, 0.15) is 0 Å². The number of aliphatic imine (C=N–C) groups is 1. The van der Waals surface area contributed by atoms with Gasteiger partial charge in [-0.2, -0.15) is 0 Å². The quantitative estimate of drug-likeness (QED) is 0.236. The van der Waals surface area contributed by atoms with Crippen LogP contribution in [0, 0.1) is 0 Å². The third-order valence-corrected chi connectivity index (χ3v) is 4.62. The molecule has 1 rings (SSSR count). The Bertz CT molecular complexity index is 396. The van der Waals surface area contributed by atoms with E-state index in [1.54, 1.807) is 11.8 Å². The van der Waals surface area contributed by atoms with Crippen molar-refractivity contribution in [3.63, 3.8) is 0 Å². The van der Waals surface area contributed by atoms with Crippen molar-refractivity contribution in [2.24, 2.45) is 10.7 Å². The van der Waals surface area contributed by atoms with Crippen molar-refractivity contribution in [2.75, 3.05) is 5.75 Å². The summed E-state index contributed by atoms with van der Waals surface area (Å²) in [6.07, 6.45) is 13.8. The number of para-hydroxylation sites is 1. The Balaban J connectivity index is 0.00000484. The van der Waals surface area contributed by atoms with E-state index in [9.17, 15) is 0 Å². The molecule has 0 aliphatic carbocycles. The fourth-order valence-electron chi connectivity index (χ4n) is 2.43. The minimum absolute atomic E-state index is 0. The molecular weight excluding hydrogens is 368 g/mol. The molecule has 4 heteroatoms. The van der Waals surface area contributed by atoms with Crippen LogP contribution in [-0.4, -0.2) is 10.9 Å². The summed E-state index contributed by atoms with van der Waals surface area (Å²) in [7, 11) is 0. The highest BCUT2D eigenvalue weighted by atomic mass is 79.9. The van der Waals surface area contributed by atoms with Crippen molar-refractivity contribution >= 4 is 39.6 Å². The summed E-state index contributed by atoms with van der Waals surface area (Å²) in [5.74, 6) is 1.08. The van der Waals surface area contributed by atoms with E-state index < -0.39 is 0 Å². The average Bonchev–Trinajstić information content (AvgIpc) is 2.53. The first kappa shape index (κ1) is 22.5. The normalized spacial score (nSPS) is 11.3. The predicted molar refractivity (Wildman–Crippen MR) is 112 cm³/mol. The minimum Gasteiger partial charge on any atom is -0.378 e. The van der Waals surface area contributed by atoms with Crippen LogP contribution in [0.3, 0.4) is 0 Å². The summed E-state index contributed by atoms with van der Waals surface area (Å²) >= 11 is 1.68. The van der Waals surface area contributed by atoms with Crippen molar-refractivity contribution in [3.05, 3.63) is 30.3 Å². The monoisotopic (exact) mass is 400 g/mol. The lowest BCUT2D eigenvalue weighted by atomic mass is 10.1. The van der Waals surface area contributed by atoms with Gasteiger partial charge < -0.3 is 5.73 Å². The Morgan fingerprint density at radius 3 is 1.96 bits per heavy atom. The maximum atomic E-state index is 5.94. The molecule has 0 amide bonds. The number of unbranched alkanes of at least 4 members (excludes halogenated alkanes) is 9. The predicted octanol–water partition coefficient (Wildman–Crippen LogP) is 6.86. The topological polar surface area (TPSA) is 38.4 Å². The van der Waals surface area contributed by atoms with Gasteiger partial charge in [0, 0.05) is 5.75 Å². The lowest BCUT2D eigenvalue weighted by molar-refractivity contribution is 0.563. The number of halogens is 1. The highest BCUT2D eigenvalue weighted by molar-refractivity contribution is 8.93. The number of hydrogen-bond acceptors (Lipinski definition) is 2. The maximum absolute atomic E-state index is 5.94. The maximum Gasteiger partial charge on any atom is 0.159 e. The molecule has 0 bridgehead atoms. The Hall–Kier alpha value is -0.480. The van der Waals surface area contributed by atoms with Gasteiger partial charge in [0.05, 0.1) is 5.69 Å². The lowest BCUT2D eigenvalue weighted by Crippen LogP contribution is -2.06. The summed E-state index contributed by atoms with van der Waals surface area (Å²) in [6, 6.07) is 9.92. The zero-order chi connectivity index (χ0) is 15.9. The van der Waals surface area contributed by atoms with E-state index in [0.29, 0.717) is 5.17 Å². The molecule has 0 fully saturated rings. The average molecular weight is 401 g/mol. The van der Waals surface area contributed by atoms with Crippen molar-refractivity contribution in [1.82, 2.24) is 0 Å². The first-order chi connectivity index (χ1) is 10.8. The molecule has 0 saturated carbocycles. The van der Waals surface area contributed by atoms with Crippen LogP contribution in [0.25, 0.3) is 0 Å². The minimum atomic E-state index is 0. The van der Waals surface area contributed by atoms with Crippen LogP contribution in [0.5, 0.6) is 0 Å². The van der Waals surface area contributed by atoms with Gasteiger partial charge in [-0.15, -0.1) is 17.0 Å². The Kier molecular flexibility index (Phi) is 16.0. The Morgan fingerprint density at radius 1 is 0.870 bits per heavy atom. The fourth-order valence-corrected chi connectivity index (χ4v) is 3.16. The molecule has 0 aromatic heterocycles. The molecule has 0 aliphatic heterocycles. The van der Waals surface area contributed by atoms with Gasteiger partial charge in [-0.25, -0.2) is 4.99 Å². The standard InChI is InChI=1S/C19H32N2S.BrH/c1-2-3-4-5-6-7-8-9-10-14-17-22-19(20)21-18-15-12-11-13-16-18;/h11-13,15-16H,2-10,14,17H2,1H3,(H2,20,21);1H. The third kappa shape index (κ3) is 13.6. The molecule has 1 aromatic rings. The van der Waals surface area contributed by atoms with Gasteiger partial charge in [-0.1, -0.05) is 94.7 Å². The number of amidine groups is 1. The smallest absolute Gasteiger partial charge is 0.159 e. The number of nitrogens with two attached hydrogens (primary N) is 1. The largest absolute Gasteiger partial charge is 0.378 e. The van der Waals surface area contributed by atoms with Crippen LogP contribution in [0.2, 0.25) is 0 Å². The fraction of sp³-hybridized carbons (Fsp3) is 0.632. The van der Waals surface area contributed by atoms with E-state index in [1.807, 2.05) is 30.3 Å². The number of hydrogen-bond donors (Lipinski definition) is 1. The van der Waals surface area contributed by atoms with Gasteiger partial charge in [0.2, 0.25) is 0 Å². The first-order valence-electron chi connectivity index (χ1n) is 8.85. The third-order valence-electron chi connectivity index (χ3n) is 3.74. The number of thioether (sulfide) groups is 1. The molecule has 0 spiro atoms. The number of nitrogens with zero attached hydrogens (tertiary/aromatic N) is 1. The SMILES string of the molecule is Br.CCCCCCCCCCCCSC(N)=Nc1ccccc1. The summed E-state index contributed by atoms with van der Waals surface area (Å²) in [5.41, 5.74) is 6.88. The molecule has 0 saturated heterocycles. The van der Waals surface area contributed by atoms with Crippen molar-refractivity contribution in [2.45, 2.75) is 71.1 Å². The van der Waals surface area contributed by atoms with Crippen molar-refractivity contribution < 1.29 is 0 Å². The van der Waals surface area contributed by atoms with E-state index >= 15 is 0 Å². The number of rotatable bonds is 12. The van der Waals surface area contributed by atoms with E-state index in [4.69, 9.17) is 5.73 Å². The first-order valence-corrected chi connectivity index (χ1v) is 9.83. The molecule has 0 heterocycles.